The lowest BCUT2D eigenvalue weighted by Crippen LogP contribution is -2.20. The van der Waals surface area contributed by atoms with E-state index in [1.807, 2.05) is 0 Å². The number of methoxy groups -OCH3 is 1. The van der Waals surface area contributed by atoms with Crippen LogP contribution in [-0.4, -0.2) is 18.2 Å². The fraction of sp³-hybridized carbons (Fsp3) is 0.364. The van der Waals surface area contributed by atoms with Gasteiger partial charge in [-0.3, -0.25) is 0 Å². The summed E-state index contributed by atoms with van der Waals surface area (Å²) < 4.78 is 42.3. The summed E-state index contributed by atoms with van der Waals surface area (Å²) in [6.45, 7) is 1.39. The summed E-state index contributed by atoms with van der Waals surface area (Å²) in [5.74, 6) is -1.12. The van der Waals surface area contributed by atoms with Crippen LogP contribution in [0.3, 0.4) is 0 Å². The molecule has 1 N–H and O–H groups in total. The Morgan fingerprint density at radius 3 is 2.47 bits per heavy atom. The first-order chi connectivity index (χ1) is 7.79. The highest BCUT2D eigenvalue weighted by Gasteiger charge is 2.37. The van der Waals surface area contributed by atoms with E-state index in [0.717, 1.165) is 13.2 Å². The highest BCUT2D eigenvalue weighted by molar-refractivity contribution is 5.77. The normalized spacial score (nSPS) is 13.3. The van der Waals surface area contributed by atoms with Crippen molar-refractivity contribution >= 4 is 5.97 Å². The predicted octanol–water partition coefficient (Wildman–Crippen LogP) is 2.22. The van der Waals surface area contributed by atoms with E-state index in [-0.39, 0.29) is 5.56 Å². The third kappa shape index (κ3) is 2.76. The lowest BCUT2D eigenvalue weighted by molar-refractivity contribution is -0.152. The van der Waals surface area contributed by atoms with Crippen molar-refractivity contribution in [1.29, 1.82) is 0 Å². The van der Waals surface area contributed by atoms with Crippen LogP contribution in [0.2, 0.25) is 0 Å². The SMILES string of the molecule is COC(=O)C(O)c1c(C)cccc1C(F)(F)F. The molecule has 94 valence electrons. The van der Waals surface area contributed by atoms with E-state index < -0.39 is 29.4 Å². The average Bonchev–Trinajstić information content (AvgIpc) is 2.25. The number of esters is 1. The third-order valence-corrected chi connectivity index (χ3v) is 2.33. The van der Waals surface area contributed by atoms with Crippen LogP contribution in [0.5, 0.6) is 0 Å². The molecule has 6 heteroatoms. The van der Waals surface area contributed by atoms with Crippen molar-refractivity contribution in [2.24, 2.45) is 0 Å². The maximum absolute atomic E-state index is 12.7. The molecule has 1 atom stereocenters. The number of carbonyl (C=O) groups excluding carboxylic acids is 1. The minimum atomic E-state index is -4.63. The van der Waals surface area contributed by atoms with Gasteiger partial charge in [-0.25, -0.2) is 4.79 Å². The molecular weight excluding hydrogens is 237 g/mol. The molecule has 1 aromatic carbocycles. The van der Waals surface area contributed by atoms with Gasteiger partial charge < -0.3 is 9.84 Å². The second-order valence-corrected chi connectivity index (χ2v) is 3.46. The topological polar surface area (TPSA) is 46.5 Å². The minimum absolute atomic E-state index is 0.178. The Morgan fingerprint density at radius 2 is 2.00 bits per heavy atom. The van der Waals surface area contributed by atoms with Gasteiger partial charge in [0.1, 0.15) is 0 Å². The fourth-order valence-corrected chi connectivity index (χ4v) is 1.52. The molecule has 0 aliphatic rings. The molecule has 0 aliphatic carbocycles. The van der Waals surface area contributed by atoms with E-state index in [1.165, 1.54) is 19.1 Å². The van der Waals surface area contributed by atoms with E-state index in [2.05, 4.69) is 4.74 Å². The number of aliphatic hydroxyl groups is 1. The number of ether oxygens (including phenoxy) is 1. The summed E-state index contributed by atoms with van der Waals surface area (Å²) in [6, 6.07) is 3.41. The maximum atomic E-state index is 12.7. The van der Waals surface area contributed by atoms with Crippen molar-refractivity contribution in [2.75, 3.05) is 7.11 Å². The Balaban J connectivity index is 3.35. The molecule has 1 unspecified atom stereocenters. The van der Waals surface area contributed by atoms with Gasteiger partial charge in [0, 0.05) is 5.56 Å². The highest BCUT2D eigenvalue weighted by Crippen LogP contribution is 2.36. The fourth-order valence-electron chi connectivity index (χ4n) is 1.52. The van der Waals surface area contributed by atoms with Crippen LogP contribution in [0.4, 0.5) is 13.2 Å². The molecule has 3 nitrogen and oxygen atoms in total. The van der Waals surface area contributed by atoms with Crippen molar-refractivity contribution in [3.63, 3.8) is 0 Å². The lowest BCUT2D eigenvalue weighted by atomic mass is 9.96. The second-order valence-electron chi connectivity index (χ2n) is 3.46. The Morgan fingerprint density at radius 1 is 1.41 bits per heavy atom. The van der Waals surface area contributed by atoms with Crippen molar-refractivity contribution in [3.05, 3.63) is 34.9 Å². The van der Waals surface area contributed by atoms with Crippen molar-refractivity contribution in [3.8, 4) is 0 Å². The van der Waals surface area contributed by atoms with Crippen LogP contribution in [0.1, 0.15) is 22.8 Å². The second kappa shape index (κ2) is 4.75. The Kier molecular flexibility index (Phi) is 3.77. The van der Waals surface area contributed by atoms with Gasteiger partial charge in [-0.1, -0.05) is 12.1 Å². The number of aliphatic hydroxyl groups excluding tert-OH is 1. The maximum Gasteiger partial charge on any atom is 0.416 e. The van der Waals surface area contributed by atoms with Gasteiger partial charge in [0.25, 0.3) is 0 Å². The molecule has 1 aromatic rings. The highest BCUT2D eigenvalue weighted by atomic mass is 19.4. The molecule has 0 saturated heterocycles. The zero-order valence-electron chi connectivity index (χ0n) is 9.21. The van der Waals surface area contributed by atoms with Crippen LogP contribution >= 0.6 is 0 Å². The smallest absolute Gasteiger partial charge is 0.416 e. The molecular formula is C11H11F3O3. The summed E-state index contributed by atoms with van der Waals surface area (Å²) >= 11 is 0. The van der Waals surface area contributed by atoms with Crippen LogP contribution in [0.25, 0.3) is 0 Å². The largest absolute Gasteiger partial charge is 0.467 e. The number of hydrogen-bond acceptors (Lipinski definition) is 3. The molecule has 1 rings (SSSR count). The number of carbonyl (C=O) groups is 1. The van der Waals surface area contributed by atoms with Gasteiger partial charge in [0.15, 0.2) is 6.10 Å². The molecule has 0 bridgehead atoms. The summed E-state index contributed by atoms with van der Waals surface area (Å²) in [5, 5.41) is 9.54. The average molecular weight is 248 g/mol. The first kappa shape index (κ1) is 13.5. The number of alkyl halides is 3. The van der Waals surface area contributed by atoms with Crippen LogP contribution in [0.15, 0.2) is 18.2 Å². The van der Waals surface area contributed by atoms with E-state index in [0.29, 0.717) is 0 Å². The number of rotatable bonds is 2. The molecule has 0 aliphatic heterocycles. The molecule has 0 radical (unpaired) electrons. The zero-order chi connectivity index (χ0) is 13.2. The molecule has 0 spiro atoms. The minimum Gasteiger partial charge on any atom is -0.467 e. The predicted molar refractivity (Wildman–Crippen MR) is 53.2 cm³/mol. The zero-order valence-corrected chi connectivity index (χ0v) is 9.21. The molecule has 0 fully saturated rings. The number of benzene rings is 1. The van der Waals surface area contributed by atoms with Crippen molar-refractivity contribution < 1.29 is 27.8 Å². The molecule has 0 amide bonds. The quantitative estimate of drug-likeness (QED) is 0.816. The van der Waals surface area contributed by atoms with E-state index in [1.54, 1.807) is 0 Å². The van der Waals surface area contributed by atoms with E-state index in [4.69, 9.17) is 0 Å². The van der Waals surface area contributed by atoms with Crippen molar-refractivity contribution in [2.45, 2.75) is 19.2 Å². The summed E-state index contributed by atoms with van der Waals surface area (Å²) in [7, 11) is 0.997. The van der Waals surface area contributed by atoms with Gasteiger partial charge in [0.2, 0.25) is 0 Å². The first-order valence-electron chi connectivity index (χ1n) is 4.71. The Bertz CT molecular complexity index is 426. The molecule has 17 heavy (non-hydrogen) atoms. The van der Waals surface area contributed by atoms with Crippen LogP contribution in [-0.2, 0) is 15.7 Å². The van der Waals surface area contributed by atoms with E-state index >= 15 is 0 Å². The lowest BCUT2D eigenvalue weighted by Gasteiger charge is -2.18. The van der Waals surface area contributed by atoms with Gasteiger partial charge >= 0.3 is 12.1 Å². The molecule has 0 aromatic heterocycles. The van der Waals surface area contributed by atoms with Crippen molar-refractivity contribution in [1.82, 2.24) is 0 Å². The summed E-state index contributed by atoms with van der Waals surface area (Å²) in [4.78, 5) is 11.1. The van der Waals surface area contributed by atoms with Gasteiger partial charge in [-0.15, -0.1) is 0 Å². The van der Waals surface area contributed by atoms with E-state index in [9.17, 15) is 23.1 Å². The Labute approximate surface area is 95.8 Å². The number of aryl methyl sites for hydroxylation is 1. The Hall–Kier alpha value is -1.56. The van der Waals surface area contributed by atoms with Gasteiger partial charge in [-0.2, -0.15) is 13.2 Å². The standard InChI is InChI=1S/C11H11F3O3/c1-6-4-3-5-7(11(12,13)14)8(6)9(15)10(16)17-2/h3-5,9,15H,1-2H3. The third-order valence-electron chi connectivity index (χ3n) is 2.33. The molecule has 0 heterocycles. The number of halogens is 3. The van der Waals surface area contributed by atoms with Gasteiger partial charge in [0.05, 0.1) is 12.7 Å². The molecule has 0 saturated carbocycles. The van der Waals surface area contributed by atoms with Crippen LogP contribution < -0.4 is 0 Å². The summed E-state index contributed by atoms with van der Waals surface area (Å²) in [5.41, 5.74) is -1.32. The summed E-state index contributed by atoms with van der Waals surface area (Å²) in [6.07, 6.45) is -6.56. The first-order valence-corrected chi connectivity index (χ1v) is 4.71. The number of hydrogen-bond donors (Lipinski definition) is 1. The van der Waals surface area contributed by atoms with Gasteiger partial charge in [-0.05, 0) is 18.6 Å². The monoisotopic (exact) mass is 248 g/mol. The van der Waals surface area contributed by atoms with Crippen LogP contribution in [0, 0.1) is 6.92 Å².